The lowest BCUT2D eigenvalue weighted by atomic mass is 10.3. The van der Waals surface area contributed by atoms with Gasteiger partial charge in [-0.2, -0.15) is 0 Å². The quantitative estimate of drug-likeness (QED) is 0.586. The van der Waals surface area contributed by atoms with Gasteiger partial charge in [0.15, 0.2) is 0 Å². The van der Waals surface area contributed by atoms with E-state index in [-0.39, 0.29) is 5.16 Å². The molecule has 23 heavy (non-hydrogen) atoms. The minimum atomic E-state index is 0.283. The molecular weight excluding hydrogens is 318 g/mol. The molecule has 126 valence electrons. The lowest BCUT2D eigenvalue weighted by Gasteiger charge is -2.19. The zero-order valence-corrected chi connectivity index (χ0v) is 17.4. The van der Waals surface area contributed by atoms with Gasteiger partial charge in [-0.15, -0.1) is 12.8 Å². The summed E-state index contributed by atoms with van der Waals surface area (Å²) in [5.74, 6) is 0.833. The Labute approximate surface area is 145 Å². The van der Waals surface area contributed by atoms with Gasteiger partial charge in [0.25, 0.3) is 0 Å². The molecule has 0 aliphatic heterocycles. The zero-order chi connectivity index (χ0) is 18.0. The van der Waals surface area contributed by atoms with Gasteiger partial charge < -0.3 is 0 Å². The Morgan fingerprint density at radius 2 is 1.30 bits per heavy atom. The van der Waals surface area contributed by atoms with Gasteiger partial charge >= 0.3 is 0 Å². The van der Waals surface area contributed by atoms with Crippen LogP contribution in [0.15, 0.2) is 24.3 Å². The van der Waals surface area contributed by atoms with E-state index in [1.54, 1.807) is 0 Å². The fraction of sp³-hybridized carbons (Fsp3) is 0.474. The number of fused-ring (bicyclic) bond motifs is 1. The fourth-order valence-electron chi connectivity index (χ4n) is 1.62. The van der Waals surface area contributed by atoms with Crippen LogP contribution in [-0.2, 0) is 0 Å². The summed E-state index contributed by atoms with van der Waals surface area (Å²) in [5, 5.41) is 0.283. The van der Waals surface area contributed by atoms with E-state index < -0.39 is 0 Å². The van der Waals surface area contributed by atoms with Crippen LogP contribution in [0.5, 0.6) is 0 Å². The Balaban J connectivity index is 0.000000705. The van der Waals surface area contributed by atoms with Crippen LogP contribution in [0.2, 0.25) is 0 Å². The van der Waals surface area contributed by atoms with E-state index in [4.69, 9.17) is 9.97 Å². The molecule has 0 aliphatic rings. The predicted molar refractivity (Wildman–Crippen MR) is 112 cm³/mol. The second kappa shape index (κ2) is 10.7. The van der Waals surface area contributed by atoms with Gasteiger partial charge in [-0.25, -0.2) is 9.97 Å². The van der Waals surface area contributed by atoms with Crippen LogP contribution in [0.1, 0.15) is 41.5 Å². The summed E-state index contributed by atoms with van der Waals surface area (Å²) in [7, 11) is 1.43. The normalized spacial score (nSPS) is 11.6. The topological polar surface area (TPSA) is 25.8 Å². The molecule has 0 spiro atoms. The smallest absolute Gasteiger partial charge is 0.0894 e. The number of hydrogen-bond donors (Lipinski definition) is 0. The van der Waals surface area contributed by atoms with Crippen molar-refractivity contribution in [3.05, 3.63) is 24.3 Å². The van der Waals surface area contributed by atoms with Gasteiger partial charge in [-0.3, -0.25) is 0 Å². The molecule has 4 heteroatoms. The molecule has 0 radical (unpaired) electrons. The number of terminal acetylenes is 1. The van der Waals surface area contributed by atoms with E-state index in [0.717, 1.165) is 17.0 Å². The van der Waals surface area contributed by atoms with Crippen LogP contribution in [0, 0.1) is 18.8 Å². The Kier molecular flexibility index (Phi) is 10.2. The van der Waals surface area contributed by atoms with Crippen molar-refractivity contribution in [2.45, 2.75) is 46.7 Å². The van der Waals surface area contributed by atoms with E-state index in [1.807, 2.05) is 24.3 Å². The van der Waals surface area contributed by atoms with Crippen molar-refractivity contribution in [3.8, 4) is 12.8 Å². The van der Waals surface area contributed by atoms with Crippen LogP contribution in [0.3, 0.4) is 0 Å². The molecule has 0 saturated heterocycles. The first kappa shape index (κ1) is 22.0. The fourth-order valence-corrected chi connectivity index (χ4v) is 3.77. The molecule has 2 rings (SSSR count). The van der Waals surface area contributed by atoms with Crippen molar-refractivity contribution in [1.82, 2.24) is 9.97 Å². The molecule has 0 N–H and O–H groups in total. The molecule has 1 heterocycles. The largest absolute Gasteiger partial charge is 0.244 e. The summed E-state index contributed by atoms with van der Waals surface area (Å²) in [4.78, 5) is 9.52. The first-order valence-electron chi connectivity index (χ1n) is 7.79. The van der Waals surface area contributed by atoms with Crippen molar-refractivity contribution in [3.63, 3.8) is 0 Å². The van der Waals surface area contributed by atoms with Crippen molar-refractivity contribution >= 4 is 39.1 Å². The third kappa shape index (κ3) is 9.00. The van der Waals surface area contributed by atoms with Gasteiger partial charge in [0.05, 0.1) is 21.9 Å². The summed E-state index contributed by atoms with van der Waals surface area (Å²) in [6, 6.07) is 8.12. The van der Waals surface area contributed by atoms with Crippen LogP contribution < -0.4 is 10.9 Å². The summed E-state index contributed by atoms with van der Waals surface area (Å²) >= 11 is 0. The SMILES string of the molecule is C#C.CC(C)C.CPc1nc2ccccc2nc1PC(C)(C)C. The van der Waals surface area contributed by atoms with E-state index in [9.17, 15) is 0 Å². The van der Waals surface area contributed by atoms with E-state index in [1.165, 1.54) is 10.9 Å². The number of benzene rings is 1. The van der Waals surface area contributed by atoms with Crippen LogP contribution >= 0.6 is 17.2 Å². The summed E-state index contributed by atoms with van der Waals surface area (Å²) in [6.45, 7) is 15.4. The third-order valence-corrected chi connectivity index (χ3v) is 4.71. The highest BCUT2D eigenvalue weighted by molar-refractivity contribution is 7.54. The maximum atomic E-state index is 4.79. The summed E-state index contributed by atoms with van der Waals surface area (Å²) in [6.07, 6.45) is 8.00. The molecule has 1 aromatic carbocycles. The molecule has 1 aromatic heterocycles. The highest BCUT2D eigenvalue weighted by Gasteiger charge is 2.16. The Morgan fingerprint density at radius 1 is 0.913 bits per heavy atom. The molecule has 0 aliphatic carbocycles. The minimum Gasteiger partial charge on any atom is -0.244 e. The standard InChI is InChI=1S/C13H18N2P2.C4H10.C2H2/c1-13(2,3)17-12-11(16-4)14-9-7-5-6-8-10(9)15-12;1-4(2)3;1-2/h5-8,16-17H,1-4H3;4H,1-3H3;1-2H. The lowest BCUT2D eigenvalue weighted by molar-refractivity contribution is 0.737. The van der Waals surface area contributed by atoms with E-state index >= 15 is 0 Å². The molecule has 0 bridgehead atoms. The highest BCUT2D eigenvalue weighted by Crippen LogP contribution is 2.29. The van der Waals surface area contributed by atoms with Crippen molar-refractivity contribution in [2.24, 2.45) is 5.92 Å². The molecule has 2 atom stereocenters. The predicted octanol–water partition coefficient (Wildman–Crippen LogP) is 4.58. The Morgan fingerprint density at radius 3 is 1.65 bits per heavy atom. The van der Waals surface area contributed by atoms with Gasteiger partial charge in [0.1, 0.15) is 0 Å². The number of nitrogens with zero attached hydrogens (tertiary/aromatic N) is 2. The second-order valence-electron chi connectivity index (χ2n) is 6.77. The highest BCUT2D eigenvalue weighted by atomic mass is 31.1. The first-order chi connectivity index (χ1) is 10.7. The van der Waals surface area contributed by atoms with Crippen molar-refractivity contribution < 1.29 is 0 Å². The van der Waals surface area contributed by atoms with Gasteiger partial charge in [-0.1, -0.05) is 70.8 Å². The number of hydrogen-bond acceptors (Lipinski definition) is 2. The lowest BCUT2D eigenvalue weighted by Crippen LogP contribution is -2.27. The second-order valence-corrected chi connectivity index (χ2v) is 9.96. The van der Waals surface area contributed by atoms with Crippen molar-refractivity contribution in [1.29, 1.82) is 0 Å². The molecular formula is C19H30N2P2. The van der Waals surface area contributed by atoms with Crippen LogP contribution in [0.4, 0.5) is 0 Å². The van der Waals surface area contributed by atoms with Gasteiger partial charge in [-0.05, 0) is 29.9 Å². The molecule has 2 aromatic rings. The first-order valence-corrected chi connectivity index (χ1v) is 10.3. The summed E-state index contributed by atoms with van der Waals surface area (Å²) < 4.78 is 0. The minimum absolute atomic E-state index is 0.283. The van der Waals surface area contributed by atoms with Gasteiger partial charge in [0, 0.05) is 0 Å². The summed E-state index contributed by atoms with van der Waals surface area (Å²) in [5.41, 5.74) is 4.40. The zero-order valence-electron chi connectivity index (χ0n) is 15.4. The Bertz CT molecular complexity index is 611. The number of para-hydroxylation sites is 2. The monoisotopic (exact) mass is 348 g/mol. The average Bonchev–Trinajstić information content (AvgIpc) is 2.46. The molecule has 0 fully saturated rings. The average molecular weight is 348 g/mol. The molecule has 2 nitrogen and oxygen atoms in total. The Hall–Kier alpha value is -1.02. The van der Waals surface area contributed by atoms with Gasteiger partial charge in [0.2, 0.25) is 0 Å². The molecule has 0 amide bonds. The van der Waals surface area contributed by atoms with E-state index in [2.05, 4.69) is 61.1 Å². The molecule has 2 unspecified atom stereocenters. The third-order valence-electron chi connectivity index (χ3n) is 2.30. The van der Waals surface area contributed by atoms with Crippen molar-refractivity contribution in [2.75, 3.05) is 6.66 Å². The van der Waals surface area contributed by atoms with Crippen LogP contribution in [-0.4, -0.2) is 21.8 Å². The van der Waals surface area contributed by atoms with Crippen LogP contribution in [0.25, 0.3) is 11.0 Å². The maximum Gasteiger partial charge on any atom is 0.0894 e. The molecule has 0 saturated carbocycles. The maximum absolute atomic E-state index is 4.79. The number of aromatic nitrogens is 2. The number of rotatable bonds is 2. The van der Waals surface area contributed by atoms with E-state index in [0.29, 0.717) is 17.2 Å².